The third kappa shape index (κ3) is 6.03. The van der Waals surface area contributed by atoms with Gasteiger partial charge < -0.3 is 15.7 Å². The SMILES string of the molecule is CSCCC(NC(=O)NC1CCC(C)(C)CC1)C(=O)O. The van der Waals surface area contributed by atoms with E-state index in [-0.39, 0.29) is 12.1 Å². The lowest BCUT2D eigenvalue weighted by Gasteiger charge is -2.34. The van der Waals surface area contributed by atoms with Crippen LogP contribution in [0.15, 0.2) is 0 Å². The Balaban J connectivity index is 2.36. The molecule has 0 aliphatic heterocycles. The van der Waals surface area contributed by atoms with Crippen LogP contribution < -0.4 is 10.6 Å². The Morgan fingerprint density at radius 1 is 1.35 bits per heavy atom. The summed E-state index contributed by atoms with van der Waals surface area (Å²) in [6, 6.07) is -0.997. The van der Waals surface area contributed by atoms with Gasteiger partial charge in [-0.15, -0.1) is 0 Å². The molecule has 1 rings (SSSR count). The summed E-state index contributed by atoms with van der Waals surface area (Å²) in [5, 5.41) is 14.5. The fraction of sp³-hybridized carbons (Fsp3) is 0.857. The van der Waals surface area contributed by atoms with Crippen molar-refractivity contribution in [3.63, 3.8) is 0 Å². The van der Waals surface area contributed by atoms with E-state index in [1.807, 2.05) is 6.26 Å². The van der Waals surface area contributed by atoms with Gasteiger partial charge in [-0.25, -0.2) is 9.59 Å². The lowest BCUT2D eigenvalue weighted by atomic mass is 9.76. The van der Waals surface area contributed by atoms with Gasteiger partial charge in [-0.2, -0.15) is 11.8 Å². The normalized spacial score (nSPS) is 20.1. The van der Waals surface area contributed by atoms with Crippen LogP contribution in [-0.2, 0) is 4.79 Å². The summed E-state index contributed by atoms with van der Waals surface area (Å²) in [6.07, 6.45) is 6.47. The Bertz CT molecular complexity index is 337. The molecule has 0 aromatic rings. The van der Waals surface area contributed by atoms with Crippen molar-refractivity contribution in [3.05, 3.63) is 0 Å². The zero-order valence-corrected chi connectivity index (χ0v) is 13.4. The molecule has 1 unspecified atom stereocenters. The van der Waals surface area contributed by atoms with Crippen LogP contribution in [0.2, 0.25) is 0 Å². The molecule has 0 saturated heterocycles. The third-order valence-electron chi connectivity index (χ3n) is 3.89. The highest BCUT2D eigenvalue weighted by molar-refractivity contribution is 7.98. The molecule has 0 heterocycles. The van der Waals surface area contributed by atoms with E-state index in [1.54, 1.807) is 11.8 Å². The summed E-state index contributed by atoms with van der Waals surface area (Å²) in [5.41, 5.74) is 0.358. The van der Waals surface area contributed by atoms with E-state index in [0.717, 1.165) is 31.4 Å². The Hall–Kier alpha value is -0.910. The zero-order chi connectivity index (χ0) is 15.2. The van der Waals surface area contributed by atoms with Crippen LogP contribution in [0.4, 0.5) is 4.79 Å². The van der Waals surface area contributed by atoms with Crippen molar-refractivity contribution in [2.45, 2.75) is 58.0 Å². The number of urea groups is 1. The Morgan fingerprint density at radius 2 is 1.95 bits per heavy atom. The molecule has 20 heavy (non-hydrogen) atoms. The second kappa shape index (κ2) is 7.76. The maximum atomic E-state index is 11.9. The van der Waals surface area contributed by atoms with Crippen molar-refractivity contribution < 1.29 is 14.7 Å². The van der Waals surface area contributed by atoms with Crippen molar-refractivity contribution in [2.75, 3.05) is 12.0 Å². The Labute approximate surface area is 125 Å². The minimum atomic E-state index is -0.973. The summed E-state index contributed by atoms with van der Waals surface area (Å²) in [5.74, 6) is -0.256. The highest BCUT2D eigenvalue weighted by Gasteiger charge is 2.28. The monoisotopic (exact) mass is 302 g/mol. The molecule has 6 heteroatoms. The van der Waals surface area contributed by atoms with Crippen LogP contribution in [0.5, 0.6) is 0 Å². The number of thioether (sulfide) groups is 1. The molecule has 0 aromatic carbocycles. The highest BCUT2D eigenvalue weighted by Crippen LogP contribution is 2.34. The molecule has 1 aliphatic rings. The van der Waals surface area contributed by atoms with Gasteiger partial charge in [0, 0.05) is 6.04 Å². The van der Waals surface area contributed by atoms with Gasteiger partial charge in [0.05, 0.1) is 0 Å². The van der Waals surface area contributed by atoms with E-state index in [9.17, 15) is 9.59 Å². The van der Waals surface area contributed by atoms with Gasteiger partial charge in [0.1, 0.15) is 6.04 Å². The molecule has 0 bridgehead atoms. The van der Waals surface area contributed by atoms with Crippen molar-refractivity contribution in [3.8, 4) is 0 Å². The number of carbonyl (C=O) groups excluding carboxylic acids is 1. The van der Waals surface area contributed by atoms with Crippen molar-refractivity contribution in [1.82, 2.24) is 10.6 Å². The second-order valence-corrected chi connectivity index (χ2v) is 7.21. The molecular weight excluding hydrogens is 276 g/mol. The quantitative estimate of drug-likeness (QED) is 0.704. The van der Waals surface area contributed by atoms with E-state index < -0.39 is 12.0 Å². The van der Waals surface area contributed by atoms with Crippen LogP contribution in [0.3, 0.4) is 0 Å². The lowest BCUT2D eigenvalue weighted by Crippen LogP contribution is -2.50. The van der Waals surface area contributed by atoms with Crippen molar-refractivity contribution in [2.24, 2.45) is 5.41 Å². The molecule has 1 aliphatic carbocycles. The predicted molar refractivity (Wildman–Crippen MR) is 82.1 cm³/mol. The molecule has 1 fully saturated rings. The largest absolute Gasteiger partial charge is 0.480 e. The van der Waals surface area contributed by atoms with Gasteiger partial charge in [0.2, 0.25) is 0 Å². The first kappa shape index (κ1) is 17.1. The first-order valence-electron chi connectivity index (χ1n) is 7.13. The van der Waals surface area contributed by atoms with E-state index in [2.05, 4.69) is 24.5 Å². The number of carboxylic acids is 1. The summed E-state index contributed by atoms with van der Waals surface area (Å²) in [7, 11) is 0. The highest BCUT2D eigenvalue weighted by atomic mass is 32.2. The number of rotatable bonds is 6. The van der Waals surface area contributed by atoms with Gasteiger partial charge in [-0.05, 0) is 49.5 Å². The molecule has 0 aromatic heterocycles. The summed E-state index contributed by atoms with van der Waals surface area (Å²) < 4.78 is 0. The summed E-state index contributed by atoms with van der Waals surface area (Å²) in [4.78, 5) is 22.9. The molecule has 0 radical (unpaired) electrons. The number of aliphatic carboxylic acids is 1. The van der Waals surface area contributed by atoms with E-state index in [4.69, 9.17) is 5.11 Å². The number of nitrogens with one attached hydrogen (secondary N) is 2. The summed E-state index contributed by atoms with van der Waals surface area (Å²) in [6.45, 7) is 4.48. The van der Waals surface area contributed by atoms with Crippen LogP contribution in [0.1, 0.15) is 46.0 Å². The van der Waals surface area contributed by atoms with E-state index >= 15 is 0 Å². The molecule has 1 atom stereocenters. The number of carboxylic acid groups (broad SMARTS) is 1. The molecule has 2 amide bonds. The topological polar surface area (TPSA) is 78.4 Å². The minimum absolute atomic E-state index is 0.165. The number of carbonyl (C=O) groups is 2. The van der Waals surface area contributed by atoms with Gasteiger partial charge >= 0.3 is 12.0 Å². The average molecular weight is 302 g/mol. The lowest BCUT2D eigenvalue weighted by molar-refractivity contribution is -0.139. The zero-order valence-electron chi connectivity index (χ0n) is 12.6. The average Bonchev–Trinajstić information content (AvgIpc) is 2.36. The first-order chi connectivity index (χ1) is 9.34. The second-order valence-electron chi connectivity index (χ2n) is 6.23. The smallest absolute Gasteiger partial charge is 0.326 e. The summed E-state index contributed by atoms with van der Waals surface area (Å²) >= 11 is 1.57. The van der Waals surface area contributed by atoms with Crippen LogP contribution in [0.25, 0.3) is 0 Å². The van der Waals surface area contributed by atoms with E-state index in [1.165, 1.54) is 0 Å². The molecule has 1 saturated carbocycles. The molecule has 0 spiro atoms. The van der Waals surface area contributed by atoms with Gasteiger partial charge in [0.25, 0.3) is 0 Å². The Kier molecular flexibility index (Phi) is 6.65. The number of amides is 2. The van der Waals surface area contributed by atoms with E-state index in [0.29, 0.717) is 11.8 Å². The number of hydrogen-bond acceptors (Lipinski definition) is 3. The molecule has 5 nitrogen and oxygen atoms in total. The van der Waals surface area contributed by atoms with Crippen molar-refractivity contribution >= 4 is 23.8 Å². The predicted octanol–water partition coefficient (Wildman–Crippen LogP) is 2.46. The van der Waals surface area contributed by atoms with Crippen LogP contribution in [0, 0.1) is 5.41 Å². The Morgan fingerprint density at radius 3 is 2.45 bits per heavy atom. The standard InChI is InChI=1S/C14H26N2O3S/c1-14(2)7-4-10(5-8-14)15-13(19)16-11(12(17)18)6-9-20-3/h10-11H,4-9H2,1-3H3,(H,17,18)(H2,15,16,19). The minimum Gasteiger partial charge on any atom is -0.480 e. The number of hydrogen-bond donors (Lipinski definition) is 3. The maximum absolute atomic E-state index is 11.9. The molecule has 116 valence electrons. The maximum Gasteiger partial charge on any atom is 0.326 e. The third-order valence-corrected chi connectivity index (χ3v) is 4.53. The van der Waals surface area contributed by atoms with Crippen molar-refractivity contribution in [1.29, 1.82) is 0 Å². The molecular formula is C14H26N2O3S. The molecule has 3 N–H and O–H groups in total. The van der Waals surface area contributed by atoms with Gasteiger partial charge in [-0.1, -0.05) is 13.8 Å². The van der Waals surface area contributed by atoms with Gasteiger partial charge in [0.15, 0.2) is 0 Å². The fourth-order valence-electron chi connectivity index (χ4n) is 2.42. The first-order valence-corrected chi connectivity index (χ1v) is 8.52. The van der Waals surface area contributed by atoms with Crippen LogP contribution >= 0.6 is 11.8 Å². The van der Waals surface area contributed by atoms with Gasteiger partial charge in [-0.3, -0.25) is 0 Å². The van der Waals surface area contributed by atoms with Crippen LogP contribution in [-0.4, -0.2) is 41.2 Å². The fourth-order valence-corrected chi connectivity index (χ4v) is 2.89.